The Balaban J connectivity index is 2.56. The summed E-state index contributed by atoms with van der Waals surface area (Å²) in [6.45, 7) is 1.90. The molecule has 1 atom stereocenters. The number of hydrogen-bond donors (Lipinski definition) is 2. The number of carbonyl (C=O) groups is 1. The van der Waals surface area contributed by atoms with Crippen LogP contribution in [0.15, 0.2) is 11.0 Å². The number of aromatic nitrogens is 2. The predicted octanol–water partition coefficient (Wildman–Crippen LogP) is 0.216. The summed E-state index contributed by atoms with van der Waals surface area (Å²) in [7, 11) is 0. The first-order valence-electron chi connectivity index (χ1n) is 4.12. The van der Waals surface area contributed by atoms with Crippen LogP contribution in [0.1, 0.15) is 25.0 Å². The molecule has 0 fully saturated rings. The number of aromatic amines is 1. The minimum Gasteiger partial charge on any atom is -0.323 e. The molecule has 0 radical (unpaired) electrons. The Morgan fingerprint density at radius 1 is 1.54 bits per heavy atom. The molecule has 0 aromatic carbocycles. The Morgan fingerprint density at radius 2 is 2.31 bits per heavy atom. The standard InChI is InChI=1S/C8H9N3O2/c1-2-4-6-5(10-7(4)12)3-9-8(13)11-6/h3-4H,2H2,1H3,(H,10,12)(H,9,11,13). The van der Waals surface area contributed by atoms with Gasteiger partial charge in [0.15, 0.2) is 0 Å². The SMILES string of the molecule is CCC1C(=O)Nc2cnc(=O)[nH]c21. The van der Waals surface area contributed by atoms with Crippen LogP contribution in [0.3, 0.4) is 0 Å². The first kappa shape index (κ1) is 7.97. The summed E-state index contributed by atoms with van der Waals surface area (Å²) in [5.41, 5.74) is 0.873. The van der Waals surface area contributed by atoms with Crippen LogP contribution in [0, 0.1) is 0 Å². The lowest BCUT2D eigenvalue weighted by Gasteiger charge is -2.02. The van der Waals surface area contributed by atoms with Crippen LogP contribution in [0.4, 0.5) is 5.69 Å². The van der Waals surface area contributed by atoms with E-state index in [9.17, 15) is 9.59 Å². The lowest BCUT2D eigenvalue weighted by atomic mass is 10.0. The van der Waals surface area contributed by atoms with Gasteiger partial charge in [0.1, 0.15) is 0 Å². The van der Waals surface area contributed by atoms with Crippen molar-refractivity contribution in [3.8, 4) is 0 Å². The topological polar surface area (TPSA) is 74.8 Å². The number of rotatable bonds is 1. The third kappa shape index (κ3) is 1.12. The maximum atomic E-state index is 11.3. The van der Waals surface area contributed by atoms with Crippen LogP contribution in [0.5, 0.6) is 0 Å². The highest BCUT2D eigenvalue weighted by atomic mass is 16.2. The number of fused-ring (bicyclic) bond motifs is 1. The average molecular weight is 179 g/mol. The van der Waals surface area contributed by atoms with Gasteiger partial charge in [-0.2, -0.15) is 4.98 Å². The fourth-order valence-electron chi connectivity index (χ4n) is 1.52. The fourth-order valence-corrected chi connectivity index (χ4v) is 1.52. The van der Waals surface area contributed by atoms with E-state index in [0.717, 1.165) is 0 Å². The number of nitrogens with one attached hydrogen (secondary N) is 2. The highest BCUT2D eigenvalue weighted by Crippen LogP contribution is 2.30. The van der Waals surface area contributed by atoms with E-state index in [1.165, 1.54) is 6.20 Å². The monoisotopic (exact) mass is 179 g/mol. The van der Waals surface area contributed by atoms with E-state index in [1.807, 2.05) is 6.92 Å². The summed E-state index contributed by atoms with van der Waals surface area (Å²) in [4.78, 5) is 28.3. The van der Waals surface area contributed by atoms with Crippen molar-refractivity contribution < 1.29 is 4.79 Å². The molecular weight excluding hydrogens is 170 g/mol. The molecule has 0 saturated carbocycles. The molecule has 5 heteroatoms. The number of H-pyrrole nitrogens is 1. The van der Waals surface area contributed by atoms with E-state index in [1.54, 1.807) is 0 Å². The highest BCUT2D eigenvalue weighted by molar-refractivity contribution is 6.01. The Kier molecular flexibility index (Phi) is 1.65. The zero-order valence-electron chi connectivity index (χ0n) is 7.13. The molecule has 0 spiro atoms. The zero-order chi connectivity index (χ0) is 9.42. The van der Waals surface area contributed by atoms with Crippen molar-refractivity contribution in [3.05, 3.63) is 22.4 Å². The zero-order valence-corrected chi connectivity index (χ0v) is 7.13. The molecule has 2 N–H and O–H groups in total. The Bertz CT molecular complexity index is 410. The Morgan fingerprint density at radius 3 is 3.00 bits per heavy atom. The molecule has 1 aromatic heterocycles. The molecule has 1 aliphatic heterocycles. The fraction of sp³-hybridized carbons (Fsp3) is 0.375. The smallest absolute Gasteiger partial charge is 0.323 e. The van der Waals surface area contributed by atoms with Crippen LogP contribution in [-0.4, -0.2) is 15.9 Å². The summed E-state index contributed by atoms with van der Waals surface area (Å²) in [6, 6.07) is 0. The van der Waals surface area contributed by atoms with Gasteiger partial charge in [-0.15, -0.1) is 0 Å². The number of hydrogen-bond acceptors (Lipinski definition) is 3. The lowest BCUT2D eigenvalue weighted by molar-refractivity contribution is -0.117. The van der Waals surface area contributed by atoms with Crippen LogP contribution in [-0.2, 0) is 4.79 Å². The minimum absolute atomic E-state index is 0.0684. The molecule has 1 amide bonds. The summed E-state index contributed by atoms with van der Waals surface area (Å²) in [5.74, 6) is -0.299. The van der Waals surface area contributed by atoms with Crippen LogP contribution in [0.25, 0.3) is 0 Å². The van der Waals surface area contributed by atoms with Gasteiger partial charge in [-0.05, 0) is 6.42 Å². The third-order valence-electron chi connectivity index (χ3n) is 2.17. The normalized spacial score (nSPS) is 19.8. The second-order valence-corrected chi connectivity index (χ2v) is 2.97. The van der Waals surface area contributed by atoms with Gasteiger partial charge in [0.2, 0.25) is 5.91 Å². The molecular formula is C8H9N3O2. The van der Waals surface area contributed by atoms with Crippen LogP contribution in [0.2, 0.25) is 0 Å². The molecule has 0 aliphatic carbocycles. The van der Waals surface area contributed by atoms with Gasteiger partial charge >= 0.3 is 5.69 Å². The number of nitrogens with zero attached hydrogens (tertiary/aromatic N) is 1. The first-order chi connectivity index (χ1) is 6.22. The predicted molar refractivity (Wildman–Crippen MR) is 46.5 cm³/mol. The minimum atomic E-state index is -0.409. The Labute approximate surface area is 74.2 Å². The molecule has 2 heterocycles. The van der Waals surface area contributed by atoms with Crippen molar-refractivity contribution in [2.45, 2.75) is 19.3 Å². The van der Waals surface area contributed by atoms with Gasteiger partial charge in [0, 0.05) is 0 Å². The summed E-state index contributed by atoms with van der Waals surface area (Å²) >= 11 is 0. The number of anilines is 1. The van der Waals surface area contributed by atoms with Gasteiger partial charge in [-0.1, -0.05) is 6.92 Å². The maximum absolute atomic E-state index is 11.3. The quantitative estimate of drug-likeness (QED) is 0.647. The molecule has 1 aliphatic rings. The van der Waals surface area contributed by atoms with Crippen LogP contribution >= 0.6 is 0 Å². The van der Waals surface area contributed by atoms with Crippen LogP contribution < -0.4 is 11.0 Å². The van der Waals surface area contributed by atoms with Gasteiger partial charge in [0.25, 0.3) is 0 Å². The molecule has 68 valence electrons. The van der Waals surface area contributed by atoms with Crippen molar-refractivity contribution in [3.63, 3.8) is 0 Å². The molecule has 13 heavy (non-hydrogen) atoms. The molecule has 5 nitrogen and oxygen atoms in total. The van der Waals surface area contributed by atoms with Gasteiger partial charge in [-0.25, -0.2) is 4.79 Å². The Hall–Kier alpha value is -1.65. The van der Waals surface area contributed by atoms with E-state index < -0.39 is 5.69 Å². The second kappa shape index (κ2) is 2.69. The maximum Gasteiger partial charge on any atom is 0.345 e. The van der Waals surface area contributed by atoms with Gasteiger partial charge in [0.05, 0.1) is 23.5 Å². The molecule has 0 saturated heterocycles. The van der Waals surface area contributed by atoms with E-state index in [0.29, 0.717) is 17.8 Å². The van der Waals surface area contributed by atoms with E-state index in [2.05, 4.69) is 15.3 Å². The van der Waals surface area contributed by atoms with Crippen molar-refractivity contribution in [1.82, 2.24) is 9.97 Å². The summed E-state index contributed by atoms with van der Waals surface area (Å²) in [6.07, 6.45) is 2.07. The van der Waals surface area contributed by atoms with Gasteiger partial charge in [-0.3, -0.25) is 4.79 Å². The largest absolute Gasteiger partial charge is 0.345 e. The second-order valence-electron chi connectivity index (χ2n) is 2.97. The molecule has 0 bridgehead atoms. The summed E-state index contributed by atoms with van der Waals surface area (Å²) in [5, 5.41) is 2.65. The first-order valence-corrected chi connectivity index (χ1v) is 4.12. The molecule has 2 rings (SSSR count). The van der Waals surface area contributed by atoms with E-state index >= 15 is 0 Å². The van der Waals surface area contributed by atoms with Crippen molar-refractivity contribution in [2.75, 3.05) is 5.32 Å². The lowest BCUT2D eigenvalue weighted by Crippen LogP contribution is -2.14. The van der Waals surface area contributed by atoms with Crippen molar-refractivity contribution in [2.24, 2.45) is 0 Å². The average Bonchev–Trinajstić information content (AvgIpc) is 2.40. The third-order valence-corrected chi connectivity index (χ3v) is 2.17. The van der Waals surface area contributed by atoms with E-state index in [-0.39, 0.29) is 11.8 Å². The number of amides is 1. The molecule has 1 unspecified atom stereocenters. The van der Waals surface area contributed by atoms with Crippen molar-refractivity contribution >= 4 is 11.6 Å². The molecule has 1 aromatic rings. The van der Waals surface area contributed by atoms with E-state index in [4.69, 9.17) is 0 Å². The van der Waals surface area contributed by atoms with Gasteiger partial charge < -0.3 is 10.3 Å². The highest BCUT2D eigenvalue weighted by Gasteiger charge is 2.29. The van der Waals surface area contributed by atoms with Crippen molar-refractivity contribution in [1.29, 1.82) is 0 Å². The number of carbonyl (C=O) groups excluding carboxylic acids is 1. The summed E-state index contributed by atoms with van der Waals surface area (Å²) < 4.78 is 0.